The van der Waals surface area contributed by atoms with Gasteiger partial charge in [0.25, 0.3) is 0 Å². The van der Waals surface area contributed by atoms with Gasteiger partial charge in [-0.1, -0.05) is 18.5 Å². The summed E-state index contributed by atoms with van der Waals surface area (Å²) in [7, 11) is 0. The van der Waals surface area contributed by atoms with Crippen molar-refractivity contribution in [2.75, 3.05) is 6.61 Å². The van der Waals surface area contributed by atoms with Crippen LogP contribution < -0.4 is 4.74 Å². The largest absolute Gasteiger partial charge is 0.494 e. The van der Waals surface area contributed by atoms with Gasteiger partial charge < -0.3 is 4.74 Å². The average Bonchev–Trinajstić information content (AvgIpc) is 2.74. The van der Waals surface area contributed by atoms with Crippen molar-refractivity contribution in [2.45, 2.75) is 13.3 Å². The van der Waals surface area contributed by atoms with E-state index in [4.69, 9.17) is 16.3 Å². The van der Waals surface area contributed by atoms with Crippen molar-refractivity contribution in [1.82, 2.24) is 4.98 Å². The topological polar surface area (TPSA) is 22.1 Å². The van der Waals surface area contributed by atoms with E-state index in [2.05, 4.69) is 11.9 Å². The van der Waals surface area contributed by atoms with Crippen LogP contribution in [-0.4, -0.2) is 11.6 Å². The molecule has 16 heavy (non-hydrogen) atoms. The standard InChI is InChI=1S/C12H12ClNOS/c1-2-7-15-10-5-3-9(4-6-10)12-14-11(13)8-16-12/h3-6,8H,2,7H2,1H3. The molecule has 1 heterocycles. The Morgan fingerprint density at radius 1 is 1.31 bits per heavy atom. The van der Waals surface area contributed by atoms with Crippen LogP contribution in [0.3, 0.4) is 0 Å². The summed E-state index contributed by atoms with van der Waals surface area (Å²) in [6.07, 6.45) is 1.02. The molecule has 1 aromatic carbocycles. The Balaban J connectivity index is 2.13. The van der Waals surface area contributed by atoms with Gasteiger partial charge >= 0.3 is 0 Å². The van der Waals surface area contributed by atoms with Crippen molar-refractivity contribution in [3.8, 4) is 16.3 Å². The first-order valence-electron chi connectivity index (χ1n) is 5.14. The minimum Gasteiger partial charge on any atom is -0.494 e. The van der Waals surface area contributed by atoms with Crippen LogP contribution >= 0.6 is 22.9 Å². The second-order valence-corrected chi connectivity index (χ2v) is 4.59. The number of benzene rings is 1. The van der Waals surface area contributed by atoms with Crippen molar-refractivity contribution in [3.05, 3.63) is 34.8 Å². The average molecular weight is 254 g/mol. The second-order valence-electron chi connectivity index (χ2n) is 3.35. The van der Waals surface area contributed by atoms with Crippen LogP contribution in [0.15, 0.2) is 29.6 Å². The molecule has 0 aliphatic heterocycles. The molecule has 1 aromatic heterocycles. The molecule has 0 atom stereocenters. The smallest absolute Gasteiger partial charge is 0.140 e. The molecule has 84 valence electrons. The molecule has 0 radical (unpaired) electrons. The van der Waals surface area contributed by atoms with Gasteiger partial charge in [0.1, 0.15) is 15.9 Å². The normalized spacial score (nSPS) is 10.4. The number of hydrogen-bond acceptors (Lipinski definition) is 3. The Hall–Kier alpha value is -1.06. The highest BCUT2D eigenvalue weighted by molar-refractivity contribution is 7.13. The van der Waals surface area contributed by atoms with E-state index in [1.165, 1.54) is 0 Å². The van der Waals surface area contributed by atoms with Gasteiger partial charge in [0.15, 0.2) is 0 Å². The predicted molar refractivity (Wildman–Crippen MR) is 68.3 cm³/mol. The Morgan fingerprint density at radius 3 is 2.62 bits per heavy atom. The first-order valence-corrected chi connectivity index (χ1v) is 6.39. The molecule has 0 amide bonds. The fraction of sp³-hybridized carbons (Fsp3) is 0.250. The van der Waals surface area contributed by atoms with Crippen molar-refractivity contribution >= 4 is 22.9 Å². The lowest BCUT2D eigenvalue weighted by molar-refractivity contribution is 0.317. The van der Waals surface area contributed by atoms with E-state index >= 15 is 0 Å². The maximum Gasteiger partial charge on any atom is 0.140 e. The lowest BCUT2D eigenvalue weighted by Gasteiger charge is -2.04. The van der Waals surface area contributed by atoms with Gasteiger partial charge in [-0.3, -0.25) is 0 Å². The van der Waals surface area contributed by atoms with Crippen molar-refractivity contribution < 1.29 is 4.74 Å². The van der Waals surface area contributed by atoms with Crippen LogP contribution in [-0.2, 0) is 0 Å². The van der Waals surface area contributed by atoms with Crippen molar-refractivity contribution in [2.24, 2.45) is 0 Å². The summed E-state index contributed by atoms with van der Waals surface area (Å²) < 4.78 is 5.51. The molecular weight excluding hydrogens is 242 g/mol. The Labute approximate surface area is 104 Å². The number of hydrogen-bond donors (Lipinski definition) is 0. The molecule has 0 aliphatic carbocycles. The zero-order chi connectivity index (χ0) is 11.4. The predicted octanol–water partition coefficient (Wildman–Crippen LogP) is 4.25. The summed E-state index contributed by atoms with van der Waals surface area (Å²) in [4.78, 5) is 4.22. The summed E-state index contributed by atoms with van der Waals surface area (Å²) in [5.41, 5.74) is 1.07. The molecule has 0 aliphatic rings. The number of nitrogens with zero attached hydrogens (tertiary/aromatic N) is 1. The minimum atomic E-state index is 0.548. The van der Waals surface area contributed by atoms with Crippen molar-refractivity contribution in [1.29, 1.82) is 0 Å². The third-order valence-electron chi connectivity index (χ3n) is 2.05. The Morgan fingerprint density at radius 2 is 2.06 bits per heavy atom. The van der Waals surface area contributed by atoms with E-state index < -0.39 is 0 Å². The zero-order valence-electron chi connectivity index (χ0n) is 8.94. The van der Waals surface area contributed by atoms with Gasteiger partial charge in [-0.15, -0.1) is 11.3 Å². The van der Waals surface area contributed by atoms with Gasteiger partial charge in [-0.25, -0.2) is 4.98 Å². The van der Waals surface area contributed by atoms with Crippen LogP contribution in [0, 0.1) is 0 Å². The monoisotopic (exact) mass is 253 g/mol. The molecule has 0 bridgehead atoms. The second kappa shape index (κ2) is 5.32. The van der Waals surface area contributed by atoms with E-state index in [0.717, 1.165) is 29.3 Å². The zero-order valence-corrected chi connectivity index (χ0v) is 10.5. The third-order valence-corrected chi connectivity index (χ3v) is 3.26. The summed E-state index contributed by atoms with van der Waals surface area (Å²) in [5, 5.41) is 3.32. The fourth-order valence-corrected chi connectivity index (χ4v) is 2.25. The van der Waals surface area contributed by atoms with E-state index in [1.54, 1.807) is 11.3 Å². The van der Waals surface area contributed by atoms with Crippen LogP contribution in [0.5, 0.6) is 5.75 Å². The summed E-state index contributed by atoms with van der Waals surface area (Å²) in [6.45, 7) is 2.84. The van der Waals surface area contributed by atoms with Crippen LogP contribution in [0.25, 0.3) is 10.6 Å². The summed E-state index contributed by atoms with van der Waals surface area (Å²) in [6, 6.07) is 7.92. The molecule has 0 N–H and O–H groups in total. The number of halogens is 1. The first-order chi connectivity index (χ1) is 7.79. The maximum absolute atomic E-state index is 5.78. The minimum absolute atomic E-state index is 0.548. The van der Waals surface area contributed by atoms with Gasteiger partial charge in [-0.05, 0) is 30.7 Å². The first kappa shape index (κ1) is 11.4. The lowest BCUT2D eigenvalue weighted by Crippen LogP contribution is -1.94. The van der Waals surface area contributed by atoms with Crippen molar-refractivity contribution in [3.63, 3.8) is 0 Å². The quantitative estimate of drug-likeness (QED) is 0.813. The van der Waals surface area contributed by atoms with Crippen LogP contribution in [0.2, 0.25) is 5.15 Å². The lowest BCUT2D eigenvalue weighted by atomic mass is 10.2. The third kappa shape index (κ3) is 2.74. The maximum atomic E-state index is 5.78. The molecule has 0 saturated heterocycles. The Bertz CT molecular complexity index is 452. The Kier molecular flexibility index (Phi) is 3.80. The highest BCUT2D eigenvalue weighted by Gasteiger charge is 2.03. The van der Waals surface area contributed by atoms with E-state index in [1.807, 2.05) is 29.6 Å². The molecule has 0 fully saturated rings. The SMILES string of the molecule is CCCOc1ccc(-c2nc(Cl)cs2)cc1. The van der Waals surface area contributed by atoms with Crippen LogP contribution in [0.1, 0.15) is 13.3 Å². The molecule has 2 nitrogen and oxygen atoms in total. The molecule has 2 aromatic rings. The summed E-state index contributed by atoms with van der Waals surface area (Å²) in [5.74, 6) is 0.897. The number of aromatic nitrogens is 1. The highest BCUT2D eigenvalue weighted by atomic mass is 35.5. The molecule has 2 rings (SSSR count). The molecule has 0 unspecified atom stereocenters. The summed E-state index contributed by atoms with van der Waals surface area (Å²) >= 11 is 7.33. The number of thiazole rings is 1. The number of rotatable bonds is 4. The van der Waals surface area contributed by atoms with E-state index in [-0.39, 0.29) is 0 Å². The molecular formula is C12H12ClNOS. The highest BCUT2D eigenvalue weighted by Crippen LogP contribution is 2.27. The van der Waals surface area contributed by atoms with E-state index in [9.17, 15) is 0 Å². The molecule has 0 saturated carbocycles. The molecule has 4 heteroatoms. The van der Waals surface area contributed by atoms with Gasteiger partial charge in [0.05, 0.1) is 6.61 Å². The van der Waals surface area contributed by atoms with E-state index in [0.29, 0.717) is 5.15 Å². The van der Waals surface area contributed by atoms with Gasteiger partial charge in [0.2, 0.25) is 0 Å². The van der Waals surface area contributed by atoms with Crippen LogP contribution in [0.4, 0.5) is 0 Å². The van der Waals surface area contributed by atoms with Gasteiger partial charge in [0, 0.05) is 10.9 Å². The van der Waals surface area contributed by atoms with Gasteiger partial charge in [-0.2, -0.15) is 0 Å². The number of ether oxygens (including phenoxy) is 1. The molecule has 0 spiro atoms. The fourth-order valence-electron chi connectivity index (χ4n) is 1.30.